The van der Waals surface area contributed by atoms with Crippen molar-refractivity contribution < 1.29 is 0 Å². The maximum Gasteiger partial charge on any atom is 0.272 e. The summed E-state index contributed by atoms with van der Waals surface area (Å²) in [6, 6.07) is 26.7. The maximum atomic E-state index is 12.3. The van der Waals surface area contributed by atoms with E-state index in [-0.39, 0.29) is 11.5 Å². The van der Waals surface area contributed by atoms with Crippen LogP contribution < -0.4 is 10.5 Å². The molecule has 3 heterocycles. The van der Waals surface area contributed by atoms with Gasteiger partial charge in [0, 0.05) is 30.9 Å². The van der Waals surface area contributed by atoms with Crippen LogP contribution in [0.1, 0.15) is 29.5 Å². The summed E-state index contributed by atoms with van der Waals surface area (Å²) in [7, 11) is 0. The molecule has 0 amide bonds. The molecule has 34 heavy (non-hydrogen) atoms. The zero-order valence-corrected chi connectivity index (χ0v) is 18.8. The van der Waals surface area contributed by atoms with E-state index in [0.717, 1.165) is 24.4 Å². The van der Waals surface area contributed by atoms with Crippen molar-refractivity contribution in [1.29, 1.82) is 0 Å². The van der Waals surface area contributed by atoms with Gasteiger partial charge in [-0.05, 0) is 29.7 Å². The Labute approximate surface area is 196 Å². The molecule has 0 saturated heterocycles. The largest absolute Gasteiger partial charge is 0.336 e. The molecule has 0 saturated carbocycles. The number of aromatic nitrogens is 5. The van der Waals surface area contributed by atoms with Crippen molar-refractivity contribution in [2.24, 2.45) is 0 Å². The third kappa shape index (κ3) is 3.28. The number of nitrogens with one attached hydrogen (secondary N) is 1. The Morgan fingerprint density at radius 1 is 0.912 bits per heavy atom. The van der Waals surface area contributed by atoms with Gasteiger partial charge in [0.05, 0.1) is 5.39 Å². The fraction of sp³-hybridized carbons (Fsp3) is 0.185. The molecule has 168 valence electrons. The molecule has 7 nitrogen and oxygen atoms in total. The van der Waals surface area contributed by atoms with E-state index in [1.807, 2.05) is 18.2 Å². The van der Waals surface area contributed by atoms with Gasteiger partial charge in [-0.15, -0.1) is 10.2 Å². The van der Waals surface area contributed by atoms with Crippen molar-refractivity contribution >= 4 is 16.7 Å². The molecular weight excluding hydrogens is 424 g/mol. The molecule has 1 unspecified atom stereocenters. The number of H-pyrrole nitrogens is 1. The first-order chi connectivity index (χ1) is 16.7. The molecule has 0 fully saturated rings. The number of anilines is 1. The van der Waals surface area contributed by atoms with E-state index in [4.69, 9.17) is 0 Å². The van der Waals surface area contributed by atoms with Crippen molar-refractivity contribution in [1.82, 2.24) is 25.0 Å². The summed E-state index contributed by atoms with van der Waals surface area (Å²) >= 11 is 0. The van der Waals surface area contributed by atoms with Crippen LogP contribution in [0, 0.1) is 0 Å². The Hall–Kier alpha value is -4.26. The summed E-state index contributed by atoms with van der Waals surface area (Å²) in [6.45, 7) is 4.33. The highest BCUT2D eigenvalue weighted by Gasteiger charge is 2.30. The van der Waals surface area contributed by atoms with E-state index in [1.54, 1.807) is 6.07 Å². The highest BCUT2D eigenvalue weighted by Crippen LogP contribution is 2.36. The third-order valence-corrected chi connectivity index (χ3v) is 6.63. The van der Waals surface area contributed by atoms with Crippen molar-refractivity contribution in [2.75, 3.05) is 11.4 Å². The topological polar surface area (TPSA) is 79.7 Å². The fourth-order valence-corrected chi connectivity index (χ4v) is 5.01. The minimum Gasteiger partial charge on any atom is -0.336 e. The lowest BCUT2D eigenvalue weighted by Crippen LogP contribution is -2.36. The number of benzene rings is 3. The van der Waals surface area contributed by atoms with Crippen LogP contribution in [0.2, 0.25) is 0 Å². The second-order valence-electron chi connectivity index (χ2n) is 8.56. The lowest BCUT2D eigenvalue weighted by Gasteiger charge is -2.35. The zero-order valence-electron chi connectivity index (χ0n) is 18.8. The van der Waals surface area contributed by atoms with E-state index in [0.29, 0.717) is 23.4 Å². The first kappa shape index (κ1) is 20.4. The van der Waals surface area contributed by atoms with E-state index in [2.05, 4.69) is 91.4 Å². The summed E-state index contributed by atoms with van der Waals surface area (Å²) in [4.78, 5) is 14.6. The lowest BCUT2D eigenvalue weighted by molar-refractivity contribution is 0.624. The van der Waals surface area contributed by atoms with Crippen molar-refractivity contribution in [2.45, 2.75) is 25.9 Å². The molecule has 3 aromatic carbocycles. The monoisotopic (exact) mass is 448 g/mol. The fourth-order valence-electron chi connectivity index (χ4n) is 5.01. The van der Waals surface area contributed by atoms with Crippen LogP contribution in [-0.2, 0) is 13.1 Å². The van der Waals surface area contributed by atoms with Gasteiger partial charge in [0.1, 0.15) is 5.69 Å². The van der Waals surface area contributed by atoms with E-state index >= 15 is 0 Å². The van der Waals surface area contributed by atoms with Crippen LogP contribution in [0.5, 0.6) is 0 Å². The maximum absolute atomic E-state index is 12.3. The second kappa shape index (κ2) is 8.26. The molecule has 1 atom stereocenters. The highest BCUT2D eigenvalue weighted by molar-refractivity contribution is 5.92. The molecule has 2 aromatic heterocycles. The molecule has 7 heteroatoms. The summed E-state index contributed by atoms with van der Waals surface area (Å²) < 4.78 is 2.09. The minimum absolute atomic E-state index is 0.208. The molecule has 0 spiro atoms. The smallest absolute Gasteiger partial charge is 0.272 e. The number of nitrogens with zero attached hydrogens (tertiary/aromatic N) is 5. The molecule has 1 aliphatic heterocycles. The van der Waals surface area contributed by atoms with Gasteiger partial charge >= 0.3 is 0 Å². The van der Waals surface area contributed by atoms with Gasteiger partial charge < -0.3 is 4.90 Å². The van der Waals surface area contributed by atoms with Gasteiger partial charge in [0.2, 0.25) is 5.95 Å². The number of aromatic amines is 1. The first-order valence-corrected chi connectivity index (χ1v) is 11.5. The average Bonchev–Trinajstić information content (AvgIpc) is 3.33. The number of fused-ring (bicyclic) bond motifs is 2. The van der Waals surface area contributed by atoms with Crippen molar-refractivity contribution in [3.05, 3.63) is 106 Å². The molecule has 0 bridgehead atoms. The van der Waals surface area contributed by atoms with Gasteiger partial charge in [-0.1, -0.05) is 72.8 Å². The van der Waals surface area contributed by atoms with Gasteiger partial charge in [-0.2, -0.15) is 5.10 Å². The number of hydrogen-bond acceptors (Lipinski definition) is 5. The molecule has 6 rings (SSSR count). The van der Waals surface area contributed by atoms with Crippen LogP contribution in [0.25, 0.3) is 22.3 Å². The van der Waals surface area contributed by atoms with Gasteiger partial charge in [0.25, 0.3) is 5.56 Å². The van der Waals surface area contributed by atoms with E-state index in [9.17, 15) is 4.79 Å². The third-order valence-electron chi connectivity index (χ3n) is 6.63. The molecule has 1 aliphatic rings. The van der Waals surface area contributed by atoms with E-state index in [1.165, 1.54) is 16.7 Å². The van der Waals surface area contributed by atoms with Gasteiger partial charge in [-0.3, -0.25) is 9.36 Å². The van der Waals surface area contributed by atoms with Crippen LogP contribution in [-0.4, -0.2) is 31.5 Å². The van der Waals surface area contributed by atoms with Gasteiger partial charge in [0.15, 0.2) is 5.82 Å². The van der Waals surface area contributed by atoms with Crippen LogP contribution in [0.3, 0.4) is 0 Å². The zero-order chi connectivity index (χ0) is 23.1. The molecule has 1 N–H and O–H groups in total. The number of hydrogen-bond donors (Lipinski definition) is 1. The average molecular weight is 449 g/mol. The molecule has 5 aromatic rings. The Bertz CT molecular complexity index is 1540. The Balaban J connectivity index is 1.46. The predicted octanol–water partition coefficient (Wildman–Crippen LogP) is 4.35. The SMILES string of the molecule is CCn1c(-c2n[nH]c(=O)c3ccccc23)nnc1N1Cc2ccccc2C(c2ccccc2)C1. The predicted molar refractivity (Wildman–Crippen MR) is 133 cm³/mol. The Morgan fingerprint density at radius 2 is 1.65 bits per heavy atom. The van der Waals surface area contributed by atoms with Crippen LogP contribution in [0.4, 0.5) is 5.95 Å². The molecular formula is C27H24N6O. The summed E-state index contributed by atoms with van der Waals surface area (Å²) in [5.41, 5.74) is 4.37. The van der Waals surface area contributed by atoms with E-state index < -0.39 is 0 Å². The minimum atomic E-state index is -0.208. The Kier molecular flexibility index (Phi) is 4.95. The quantitative estimate of drug-likeness (QED) is 0.442. The highest BCUT2D eigenvalue weighted by atomic mass is 16.1. The van der Waals surface area contributed by atoms with Crippen LogP contribution in [0.15, 0.2) is 83.7 Å². The standard InChI is InChI=1S/C27H24N6O/c1-2-33-25(24-21-14-8-9-15-22(21)26(34)30-28-24)29-31-27(33)32-16-19-12-6-7-13-20(19)23(17-32)18-10-4-3-5-11-18/h3-15,23H,2,16-17H2,1H3,(H,30,34). The van der Waals surface area contributed by atoms with Crippen molar-refractivity contribution in [3.8, 4) is 11.5 Å². The molecule has 0 aliphatic carbocycles. The summed E-state index contributed by atoms with van der Waals surface area (Å²) in [5, 5.41) is 17.5. The second-order valence-corrected chi connectivity index (χ2v) is 8.56. The lowest BCUT2D eigenvalue weighted by atomic mass is 9.85. The number of rotatable bonds is 4. The molecule has 0 radical (unpaired) electrons. The van der Waals surface area contributed by atoms with Crippen molar-refractivity contribution in [3.63, 3.8) is 0 Å². The van der Waals surface area contributed by atoms with Crippen LogP contribution >= 0.6 is 0 Å². The summed E-state index contributed by atoms with van der Waals surface area (Å²) in [5.74, 6) is 1.70. The normalized spacial score (nSPS) is 15.4. The first-order valence-electron chi connectivity index (χ1n) is 11.5. The summed E-state index contributed by atoms with van der Waals surface area (Å²) in [6.07, 6.45) is 0. The van der Waals surface area contributed by atoms with Gasteiger partial charge in [-0.25, -0.2) is 5.10 Å². The Morgan fingerprint density at radius 3 is 2.47 bits per heavy atom.